The fourth-order valence-electron chi connectivity index (χ4n) is 2.71. The SMILES string of the molecule is CCOC(=O)C1CCN(c2cc(C(F)(F)F)ccc2C=O)CC1. The molecule has 4 nitrogen and oxygen atoms in total. The fourth-order valence-corrected chi connectivity index (χ4v) is 2.71. The van der Waals surface area contributed by atoms with Gasteiger partial charge in [0.05, 0.1) is 18.1 Å². The number of aldehydes is 1. The quantitative estimate of drug-likeness (QED) is 0.628. The molecule has 1 aliphatic rings. The molecule has 1 aromatic rings. The summed E-state index contributed by atoms with van der Waals surface area (Å²) in [5, 5.41) is 0. The van der Waals surface area contributed by atoms with Crippen molar-refractivity contribution in [3.63, 3.8) is 0 Å². The van der Waals surface area contributed by atoms with Crippen LogP contribution in [0.2, 0.25) is 0 Å². The first-order valence-corrected chi connectivity index (χ1v) is 7.44. The van der Waals surface area contributed by atoms with Crippen molar-refractivity contribution >= 4 is 17.9 Å². The van der Waals surface area contributed by atoms with Gasteiger partial charge in [-0.25, -0.2) is 0 Å². The number of nitrogens with zero attached hydrogens (tertiary/aromatic N) is 1. The highest BCUT2D eigenvalue weighted by atomic mass is 19.4. The zero-order chi connectivity index (χ0) is 17.0. The van der Waals surface area contributed by atoms with Crippen molar-refractivity contribution in [3.8, 4) is 0 Å². The first-order chi connectivity index (χ1) is 10.9. The van der Waals surface area contributed by atoms with Gasteiger partial charge >= 0.3 is 12.1 Å². The maximum absolute atomic E-state index is 12.9. The average molecular weight is 329 g/mol. The number of alkyl halides is 3. The maximum atomic E-state index is 12.9. The van der Waals surface area contributed by atoms with Crippen LogP contribution in [0, 0.1) is 5.92 Å². The smallest absolute Gasteiger partial charge is 0.416 e. The van der Waals surface area contributed by atoms with Crippen LogP contribution in [0.15, 0.2) is 18.2 Å². The Kier molecular flexibility index (Phi) is 5.28. The highest BCUT2D eigenvalue weighted by molar-refractivity contribution is 5.85. The first kappa shape index (κ1) is 17.3. The number of esters is 1. The first-order valence-electron chi connectivity index (χ1n) is 7.44. The van der Waals surface area contributed by atoms with Gasteiger partial charge in [-0.1, -0.05) is 0 Å². The lowest BCUT2D eigenvalue weighted by molar-refractivity contribution is -0.148. The Morgan fingerprint density at radius 2 is 2.00 bits per heavy atom. The van der Waals surface area contributed by atoms with Crippen molar-refractivity contribution in [1.29, 1.82) is 0 Å². The Bertz CT molecular complexity index is 578. The molecule has 0 aliphatic carbocycles. The van der Waals surface area contributed by atoms with Gasteiger partial charge in [0.2, 0.25) is 0 Å². The van der Waals surface area contributed by atoms with Crippen LogP contribution in [-0.2, 0) is 15.7 Å². The molecule has 0 unspecified atom stereocenters. The van der Waals surface area contributed by atoms with Crippen LogP contribution in [0.5, 0.6) is 0 Å². The second-order valence-corrected chi connectivity index (χ2v) is 5.40. The standard InChI is InChI=1S/C16H18F3NO3/c1-2-23-15(22)11-5-7-20(8-6-11)14-9-13(16(17,18)19)4-3-12(14)10-21/h3-4,9-11H,2,5-8H2,1H3. The third kappa shape index (κ3) is 4.03. The molecule has 0 N–H and O–H groups in total. The van der Waals surface area contributed by atoms with Gasteiger partial charge in [0.15, 0.2) is 6.29 Å². The molecule has 0 spiro atoms. The third-order valence-electron chi connectivity index (χ3n) is 3.94. The summed E-state index contributed by atoms with van der Waals surface area (Å²) in [6.07, 6.45) is -2.92. The Hall–Kier alpha value is -2.05. The summed E-state index contributed by atoms with van der Waals surface area (Å²) >= 11 is 0. The lowest BCUT2D eigenvalue weighted by atomic mass is 9.95. The Morgan fingerprint density at radius 3 is 2.52 bits per heavy atom. The summed E-state index contributed by atoms with van der Waals surface area (Å²) in [5.41, 5.74) is -0.310. The lowest BCUT2D eigenvalue weighted by Crippen LogP contribution is -2.37. The van der Waals surface area contributed by atoms with Crippen molar-refractivity contribution in [2.45, 2.75) is 25.9 Å². The molecule has 0 bridgehead atoms. The average Bonchev–Trinajstić information content (AvgIpc) is 2.53. The Labute approximate surface area is 132 Å². The van der Waals surface area contributed by atoms with Crippen LogP contribution in [0.3, 0.4) is 0 Å². The largest absolute Gasteiger partial charge is 0.466 e. The predicted molar refractivity (Wildman–Crippen MR) is 78.4 cm³/mol. The summed E-state index contributed by atoms with van der Waals surface area (Å²) in [6.45, 7) is 2.85. The molecule has 0 atom stereocenters. The van der Waals surface area contributed by atoms with Gasteiger partial charge in [0.25, 0.3) is 0 Å². The predicted octanol–water partition coefficient (Wildman–Crippen LogP) is 3.30. The molecular formula is C16H18F3NO3. The summed E-state index contributed by atoms with van der Waals surface area (Å²) in [4.78, 5) is 24.5. The van der Waals surface area contributed by atoms with Gasteiger partial charge in [-0.3, -0.25) is 9.59 Å². The van der Waals surface area contributed by atoms with E-state index in [-0.39, 0.29) is 23.1 Å². The zero-order valence-corrected chi connectivity index (χ0v) is 12.7. The minimum absolute atomic E-state index is 0.215. The summed E-state index contributed by atoms with van der Waals surface area (Å²) < 4.78 is 43.5. The Balaban J connectivity index is 2.16. The number of ether oxygens (including phenoxy) is 1. The minimum atomic E-state index is -4.46. The molecule has 2 rings (SSSR count). The third-order valence-corrected chi connectivity index (χ3v) is 3.94. The topological polar surface area (TPSA) is 46.6 Å². The van der Waals surface area contributed by atoms with E-state index in [0.717, 1.165) is 12.1 Å². The van der Waals surface area contributed by atoms with E-state index in [2.05, 4.69) is 0 Å². The number of rotatable bonds is 4. The van der Waals surface area contributed by atoms with Crippen LogP contribution < -0.4 is 4.90 Å². The van der Waals surface area contributed by atoms with Crippen molar-refractivity contribution in [3.05, 3.63) is 29.3 Å². The molecule has 1 fully saturated rings. The zero-order valence-electron chi connectivity index (χ0n) is 12.7. The van der Waals surface area contributed by atoms with Crippen molar-refractivity contribution in [1.82, 2.24) is 0 Å². The second-order valence-electron chi connectivity index (χ2n) is 5.40. The molecular weight excluding hydrogens is 311 g/mol. The molecule has 0 amide bonds. The van der Waals surface area contributed by atoms with Crippen LogP contribution in [0.4, 0.5) is 18.9 Å². The van der Waals surface area contributed by atoms with E-state index in [0.29, 0.717) is 38.8 Å². The van der Waals surface area contributed by atoms with E-state index >= 15 is 0 Å². The van der Waals surface area contributed by atoms with E-state index in [1.807, 2.05) is 0 Å². The van der Waals surface area contributed by atoms with E-state index in [4.69, 9.17) is 4.74 Å². The number of anilines is 1. The number of halogens is 3. The van der Waals surface area contributed by atoms with E-state index < -0.39 is 11.7 Å². The van der Waals surface area contributed by atoms with Gasteiger partial charge in [-0.2, -0.15) is 13.2 Å². The number of hydrogen-bond donors (Lipinski definition) is 0. The summed E-state index contributed by atoms with van der Waals surface area (Å²) in [7, 11) is 0. The van der Waals surface area contributed by atoms with E-state index in [9.17, 15) is 22.8 Å². The molecule has 0 aromatic heterocycles. The molecule has 0 saturated carbocycles. The number of hydrogen-bond acceptors (Lipinski definition) is 4. The molecule has 7 heteroatoms. The van der Waals surface area contributed by atoms with Crippen LogP contribution in [0.1, 0.15) is 35.7 Å². The Morgan fingerprint density at radius 1 is 1.35 bits per heavy atom. The summed E-state index contributed by atoms with van der Waals surface area (Å²) in [5.74, 6) is -0.511. The van der Waals surface area contributed by atoms with Crippen molar-refractivity contribution in [2.24, 2.45) is 5.92 Å². The van der Waals surface area contributed by atoms with Gasteiger partial charge in [-0.05, 0) is 38.0 Å². The van der Waals surface area contributed by atoms with Crippen molar-refractivity contribution < 1.29 is 27.5 Å². The minimum Gasteiger partial charge on any atom is -0.466 e. The summed E-state index contributed by atoms with van der Waals surface area (Å²) in [6, 6.07) is 3.08. The molecule has 126 valence electrons. The normalized spacial score (nSPS) is 16.3. The van der Waals surface area contributed by atoms with Crippen LogP contribution >= 0.6 is 0 Å². The number of carbonyl (C=O) groups is 2. The lowest BCUT2D eigenvalue weighted by Gasteiger charge is -2.33. The van der Waals surface area contributed by atoms with Crippen molar-refractivity contribution in [2.75, 3.05) is 24.6 Å². The molecule has 23 heavy (non-hydrogen) atoms. The highest BCUT2D eigenvalue weighted by Crippen LogP contribution is 2.34. The van der Waals surface area contributed by atoms with Crippen LogP contribution in [-0.4, -0.2) is 32.0 Å². The van der Waals surface area contributed by atoms with Gasteiger partial charge in [0.1, 0.15) is 0 Å². The molecule has 1 heterocycles. The van der Waals surface area contributed by atoms with Gasteiger partial charge in [0, 0.05) is 24.3 Å². The molecule has 1 saturated heterocycles. The maximum Gasteiger partial charge on any atom is 0.416 e. The van der Waals surface area contributed by atoms with Gasteiger partial charge < -0.3 is 9.64 Å². The fraction of sp³-hybridized carbons (Fsp3) is 0.500. The number of carbonyl (C=O) groups excluding carboxylic acids is 2. The molecule has 1 aliphatic heterocycles. The van der Waals surface area contributed by atoms with E-state index in [1.165, 1.54) is 6.07 Å². The number of piperidine rings is 1. The molecule has 0 radical (unpaired) electrons. The number of benzene rings is 1. The molecule has 1 aromatic carbocycles. The van der Waals surface area contributed by atoms with E-state index in [1.54, 1.807) is 11.8 Å². The highest BCUT2D eigenvalue weighted by Gasteiger charge is 2.32. The second kappa shape index (κ2) is 7.02. The van der Waals surface area contributed by atoms with Gasteiger partial charge in [-0.15, -0.1) is 0 Å². The monoisotopic (exact) mass is 329 g/mol. The van der Waals surface area contributed by atoms with Crippen LogP contribution in [0.25, 0.3) is 0 Å².